The van der Waals surface area contributed by atoms with Crippen LogP contribution in [0.25, 0.3) is 0 Å². The lowest BCUT2D eigenvalue weighted by Gasteiger charge is -2.27. The molecule has 2 aromatic carbocycles. The van der Waals surface area contributed by atoms with E-state index in [1.54, 1.807) is 30.3 Å². The number of carbonyl (C=O) groups excluding carboxylic acids is 2. The van der Waals surface area contributed by atoms with Crippen LogP contribution in [-0.2, 0) is 16.1 Å². The van der Waals surface area contributed by atoms with Gasteiger partial charge in [0.25, 0.3) is 0 Å². The average molecular weight is 470 g/mol. The summed E-state index contributed by atoms with van der Waals surface area (Å²) in [4.78, 5) is 24.7. The summed E-state index contributed by atoms with van der Waals surface area (Å²) in [6.07, 6.45) is -0.185. The van der Waals surface area contributed by atoms with Crippen LogP contribution < -0.4 is 14.2 Å². The summed E-state index contributed by atoms with van der Waals surface area (Å²) < 4.78 is 24.3. The van der Waals surface area contributed by atoms with E-state index >= 15 is 0 Å². The number of Topliss-reactive ketones (excluding diaryl/α,β-unsaturated/α-hetero) is 1. The zero-order valence-electron chi connectivity index (χ0n) is 18.4. The number of aryl methyl sites for hydroxylation is 1. The Morgan fingerprint density at radius 2 is 1.79 bits per heavy atom. The number of fused-ring (bicyclic) bond motifs is 1. The molecule has 172 valence electrons. The molecule has 0 aliphatic carbocycles. The molecule has 0 bridgehead atoms. The zero-order valence-corrected chi connectivity index (χ0v) is 19.1. The lowest BCUT2D eigenvalue weighted by molar-refractivity contribution is -0.144. The normalized spacial score (nSPS) is 14.6. The first kappa shape index (κ1) is 22.7. The largest absolute Gasteiger partial charge is 0.486 e. The lowest BCUT2D eigenvalue weighted by atomic mass is 10.1. The van der Waals surface area contributed by atoms with Crippen LogP contribution >= 0.6 is 11.6 Å². The van der Waals surface area contributed by atoms with E-state index in [0.29, 0.717) is 35.2 Å². The van der Waals surface area contributed by atoms with E-state index in [4.69, 9.17) is 30.5 Å². The molecule has 0 saturated carbocycles. The van der Waals surface area contributed by atoms with Crippen molar-refractivity contribution in [1.29, 1.82) is 0 Å². The monoisotopic (exact) mass is 469 g/mol. The van der Waals surface area contributed by atoms with Crippen LogP contribution in [0.2, 0.25) is 5.02 Å². The summed E-state index contributed by atoms with van der Waals surface area (Å²) in [5, 5.41) is 0.570. The minimum absolute atomic E-state index is 0.185. The molecule has 33 heavy (non-hydrogen) atoms. The first-order chi connectivity index (χ1) is 15.9. The summed E-state index contributed by atoms with van der Waals surface area (Å²) >= 11 is 5.82. The Kier molecular flexibility index (Phi) is 6.89. The summed E-state index contributed by atoms with van der Waals surface area (Å²) in [7, 11) is 0. The number of nitrogens with zero attached hydrogens (tertiary/aromatic N) is 1. The minimum Gasteiger partial charge on any atom is -0.486 e. The Morgan fingerprint density at radius 3 is 2.55 bits per heavy atom. The van der Waals surface area contributed by atoms with Gasteiger partial charge in [-0.15, -0.1) is 0 Å². The highest BCUT2D eigenvalue weighted by atomic mass is 35.5. The highest BCUT2D eigenvalue weighted by Crippen LogP contribution is 2.31. The number of ether oxygens (including phenoxy) is 4. The van der Waals surface area contributed by atoms with Crippen LogP contribution in [0.1, 0.15) is 21.7 Å². The fraction of sp³-hybridized carbons (Fsp3) is 0.280. The first-order valence-electron chi connectivity index (χ1n) is 10.5. The van der Waals surface area contributed by atoms with Gasteiger partial charge in [-0.1, -0.05) is 23.7 Å². The number of aromatic nitrogens is 1. The Morgan fingerprint density at radius 1 is 1.06 bits per heavy atom. The van der Waals surface area contributed by atoms with Gasteiger partial charge in [0, 0.05) is 22.0 Å². The predicted octanol–water partition coefficient (Wildman–Crippen LogP) is 4.40. The Balaban J connectivity index is 1.32. The topological polar surface area (TPSA) is 76.0 Å². The number of benzene rings is 2. The third-order valence-electron chi connectivity index (χ3n) is 5.36. The summed E-state index contributed by atoms with van der Waals surface area (Å²) in [6.45, 7) is 4.09. The number of ketones is 1. The molecule has 1 aliphatic heterocycles. The maximum Gasteiger partial charge on any atom is 0.344 e. The quantitative estimate of drug-likeness (QED) is 0.359. The summed E-state index contributed by atoms with van der Waals surface area (Å²) in [6, 6.07) is 16.0. The van der Waals surface area contributed by atoms with Gasteiger partial charge < -0.3 is 23.5 Å². The van der Waals surface area contributed by atoms with Crippen molar-refractivity contribution in [3.63, 3.8) is 0 Å². The second-order valence-electron chi connectivity index (χ2n) is 7.72. The van der Waals surface area contributed by atoms with E-state index in [2.05, 4.69) is 0 Å². The SMILES string of the molecule is Cc1cc(C(=O)COC(=O)COc2ccc(Cl)cc2)c(C)n1CC1COc2ccccc2O1. The predicted molar refractivity (Wildman–Crippen MR) is 122 cm³/mol. The van der Waals surface area contributed by atoms with E-state index in [0.717, 1.165) is 17.1 Å². The highest BCUT2D eigenvalue weighted by molar-refractivity contribution is 6.30. The molecule has 0 fully saturated rings. The molecule has 4 rings (SSSR count). The van der Waals surface area contributed by atoms with E-state index in [1.165, 1.54) is 0 Å². The van der Waals surface area contributed by atoms with Crippen LogP contribution in [0.4, 0.5) is 0 Å². The van der Waals surface area contributed by atoms with Gasteiger partial charge in [-0.3, -0.25) is 4.79 Å². The van der Waals surface area contributed by atoms with Crippen molar-refractivity contribution in [2.24, 2.45) is 0 Å². The second kappa shape index (κ2) is 10.0. The number of hydrogen-bond donors (Lipinski definition) is 0. The standard InChI is InChI=1S/C25H24ClNO6/c1-16-11-21(22(28)14-32-25(29)15-30-19-9-7-18(26)8-10-19)17(2)27(16)12-20-13-31-23-5-3-4-6-24(23)33-20/h3-11,20H,12-15H2,1-2H3. The van der Waals surface area contributed by atoms with Gasteiger partial charge >= 0.3 is 5.97 Å². The summed E-state index contributed by atoms with van der Waals surface area (Å²) in [5.41, 5.74) is 2.21. The maximum atomic E-state index is 12.7. The lowest BCUT2D eigenvalue weighted by Crippen LogP contribution is -2.33. The molecule has 0 saturated heterocycles. The van der Waals surface area contributed by atoms with E-state index < -0.39 is 5.97 Å². The van der Waals surface area contributed by atoms with Crippen LogP contribution in [0, 0.1) is 13.8 Å². The first-order valence-corrected chi connectivity index (χ1v) is 10.9. The molecule has 0 N–H and O–H groups in total. The van der Waals surface area contributed by atoms with Crippen LogP contribution in [0.3, 0.4) is 0 Å². The van der Waals surface area contributed by atoms with Crippen molar-refractivity contribution in [2.75, 3.05) is 19.8 Å². The van der Waals surface area contributed by atoms with Gasteiger partial charge in [0.15, 0.2) is 30.8 Å². The van der Waals surface area contributed by atoms with Crippen molar-refractivity contribution >= 4 is 23.4 Å². The molecule has 1 aromatic heterocycles. The zero-order chi connectivity index (χ0) is 23.4. The third kappa shape index (κ3) is 5.49. The molecule has 3 aromatic rings. The van der Waals surface area contributed by atoms with Crippen molar-refractivity contribution in [1.82, 2.24) is 4.57 Å². The number of para-hydroxylation sites is 2. The molecule has 0 radical (unpaired) electrons. The molecular weight excluding hydrogens is 446 g/mol. The second-order valence-corrected chi connectivity index (χ2v) is 8.16. The fourth-order valence-electron chi connectivity index (χ4n) is 3.66. The van der Waals surface area contributed by atoms with Crippen molar-refractivity contribution in [3.05, 3.63) is 76.6 Å². The molecule has 8 heteroatoms. The molecule has 1 aliphatic rings. The van der Waals surface area contributed by atoms with Gasteiger partial charge in [-0.05, 0) is 56.3 Å². The number of hydrogen-bond acceptors (Lipinski definition) is 6. The minimum atomic E-state index is -0.626. The van der Waals surface area contributed by atoms with Gasteiger partial charge in [0.05, 0.1) is 6.54 Å². The molecule has 2 heterocycles. The van der Waals surface area contributed by atoms with Crippen LogP contribution in [0.15, 0.2) is 54.6 Å². The van der Waals surface area contributed by atoms with Crippen LogP contribution in [-0.4, -0.2) is 42.2 Å². The van der Waals surface area contributed by atoms with Gasteiger partial charge in [-0.25, -0.2) is 4.79 Å². The Labute approximate surface area is 196 Å². The Hall–Kier alpha value is -3.45. The van der Waals surface area contributed by atoms with Crippen molar-refractivity contribution < 1.29 is 28.5 Å². The number of halogens is 1. The smallest absolute Gasteiger partial charge is 0.344 e. The molecule has 1 unspecified atom stereocenters. The average Bonchev–Trinajstić information content (AvgIpc) is 3.10. The van der Waals surface area contributed by atoms with Gasteiger partial charge in [-0.2, -0.15) is 0 Å². The van der Waals surface area contributed by atoms with E-state index in [1.807, 2.05) is 42.7 Å². The molecule has 7 nitrogen and oxygen atoms in total. The number of rotatable bonds is 8. The van der Waals surface area contributed by atoms with Gasteiger partial charge in [0.1, 0.15) is 12.4 Å². The van der Waals surface area contributed by atoms with Gasteiger partial charge in [0.2, 0.25) is 5.78 Å². The highest BCUT2D eigenvalue weighted by Gasteiger charge is 2.24. The van der Waals surface area contributed by atoms with Crippen LogP contribution in [0.5, 0.6) is 17.2 Å². The van der Waals surface area contributed by atoms with E-state index in [-0.39, 0.29) is 25.1 Å². The number of esters is 1. The maximum absolute atomic E-state index is 12.7. The van der Waals surface area contributed by atoms with E-state index in [9.17, 15) is 9.59 Å². The molecule has 0 amide bonds. The molecule has 0 spiro atoms. The Bertz CT molecular complexity index is 1150. The number of carbonyl (C=O) groups is 2. The molecule has 1 atom stereocenters. The molecular formula is C25H24ClNO6. The third-order valence-corrected chi connectivity index (χ3v) is 5.61. The van der Waals surface area contributed by atoms with Crippen molar-refractivity contribution in [2.45, 2.75) is 26.5 Å². The van der Waals surface area contributed by atoms with Crippen molar-refractivity contribution in [3.8, 4) is 17.2 Å². The summed E-state index contributed by atoms with van der Waals surface area (Å²) in [5.74, 6) is 1.02. The fourth-order valence-corrected chi connectivity index (χ4v) is 3.79.